The lowest BCUT2D eigenvalue weighted by molar-refractivity contribution is -0.115. The minimum absolute atomic E-state index is 0.164. The monoisotopic (exact) mass is 286 g/mol. The minimum Gasteiger partial charge on any atom is -0.454 e. The van der Waals surface area contributed by atoms with E-state index in [0.717, 1.165) is 5.56 Å². The zero-order valence-corrected chi connectivity index (χ0v) is 11.2. The number of ether oxygens (including phenoxy) is 2. The first-order chi connectivity index (χ1) is 9.76. The summed E-state index contributed by atoms with van der Waals surface area (Å²) in [6.45, 7) is 0.214. The van der Waals surface area contributed by atoms with Crippen LogP contribution in [0.15, 0.2) is 29.6 Å². The standard InChI is InChI=1S/C14H10N2O3S/c15-7-10-3-4-20-14(10)16-13(17)6-9-1-2-11-12(5-9)19-8-18-11/h1-5H,6,8H2,(H,16,17). The molecule has 20 heavy (non-hydrogen) atoms. The van der Waals surface area contributed by atoms with Crippen LogP contribution in [0.4, 0.5) is 5.00 Å². The van der Waals surface area contributed by atoms with E-state index in [1.54, 1.807) is 23.6 Å². The molecule has 2 heterocycles. The first-order valence-corrected chi connectivity index (χ1v) is 6.80. The van der Waals surface area contributed by atoms with Crippen LogP contribution < -0.4 is 14.8 Å². The number of nitrogens with one attached hydrogen (secondary N) is 1. The number of benzene rings is 1. The summed E-state index contributed by atoms with van der Waals surface area (Å²) in [5.74, 6) is 1.19. The normalized spacial score (nSPS) is 11.9. The maximum absolute atomic E-state index is 12.0. The second-order valence-electron chi connectivity index (χ2n) is 4.19. The topological polar surface area (TPSA) is 71.4 Å². The average molecular weight is 286 g/mol. The highest BCUT2D eigenvalue weighted by Gasteiger charge is 2.15. The molecule has 1 amide bonds. The Kier molecular flexibility index (Phi) is 3.27. The average Bonchev–Trinajstić information content (AvgIpc) is 3.06. The number of nitrogens with zero attached hydrogens (tertiary/aromatic N) is 1. The molecule has 1 aliphatic heterocycles. The zero-order valence-electron chi connectivity index (χ0n) is 10.4. The molecule has 2 aromatic rings. The number of fused-ring (bicyclic) bond motifs is 1. The molecule has 0 bridgehead atoms. The molecule has 1 aliphatic rings. The lowest BCUT2D eigenvalue weighted by Crippen LogP contribution is -2.14. The van der Waals surface area contributed by atoms with Crippen LogP contribution >= 0.6 is 11.3 Å². The highest BCUT2D eigenvalue weighted by molar-refractivity contribution is 7.14. The Morgan fingerprint density at radius 2 is 2.20 bits per heavy atom. The molecule has 0 saturated carbocycles. The summed E-state index contributed by atoms with van der Waals surface area (Å²) in [6.07, 6.45) is 0.222. The van der Waals surface area contributed by atoms with E-state index in [9.17, 15) is 4.79 Å². The van der Waals surface area contributed by atoms with Gasteiger partial charge in [-0.25, -0.2) is 0 Å². The van der Waals surface area contributed by atoms with Crippen molar-refractivity contribution in [3.63, 3.8) is 0 Å². The number of anilines is 1. The van der Waals surface area contributed by atoms with Crippen molar-refractivity contribution in [1.29, 1.82) is 5.26 Å². The second kappa shape index (κ2) is 5.23. The van der Waals surface area contributed by atoms with Gasteiger partial charge in [0.25, 0.3) is 0 Å². The Labute approximate surface area is 119 Å². The fourth-order valence-electron chi connectivity index (χ4n) is 1.90. The number of amides is 1. The van der Waals surface area contributed by atoms with E-state index < -0.39 is 0 Å². The molecule has 0 spiro atoms. The van der Waals surface area contributed by atoms with Gasteiger partial charge in [0.05, 0.1) is 12.0 Å². The maximum atomic E-state index is 12.0. The van der Waals surface area contributed by atoms with Crippen molar-refractivity contribution < 1.29 is 14.3 Å². The van der Waals surface area contributed by atoms with Crippen molar-refractivity contribution in [2.24, 2.45) is 0 Å². The van der Waals surface area contributed by atoms with Crippen LogP contribution in [-0.2, 0) is 11.2 Å². The van der Waals surface area contributed by atoms with E-state index in [4.69, 9.17) is 14.7 Å². The summed E-state index contributed by atoms with van der Waals surface area (Å²) >= 11 is 1.33. The predicted octanol–water partition coefficient (Wildman–Crippen LogP) is 2.53. The molecule has 0 radical (unpaired) electrons. The van der Waals surface area contributed by atoms with Gasteiger partial charge < -0.3 is 14.8 Å². The minimum atomic E-state index is -0.164. The van der Waals surface area contributed by atoms with Crippen LogP contribution in [0.5, 0.6) is 11.5 Å². The lowest BCUT2D eigenvalue weighted by atomic mass is 10.1. The number of hydrogen-bond acceptors (Lipinski definition) is 5. The number of rotatable bonds is 3. The molecular weight excluding hydrogens is 276 g/mol. The molecule has 100 valence electrons. The van der Waals surface area contributed by atoms with Crippen molar-refractivity contribution in [2.75, 3.05) is 12.1 Å². The van der Waals surface area contributed by atoms with Gasteiger partial charge in [-0.15, -0.1) is 11.3 Å². The van der Waals surface area contributed by atoms with Crippen LogP contribution in [0.1, 0.15) is 11.1 Å². The lowest BCUT2D eigenvalue weighted by Gasteiger charge is -2.04. The zero-order chi connectivity index (χ0) is 13.9. The second-order valence-corrected chi connectivity index (χ2v) is 5.10. The first kappa shape index (κ1) is 12.5. The Balaban J connectivity index is 1.69. The fourth-order valence-corrected chi connectivity index (χ4v) is 2.65. The summed E-state index contributed by atoms with van der Waals surface area (Å²) < 4.78 is 10.5. The Morgan fingerprint density at radius 3 is 3.05 bits per heavy atom. The van der Waals surface area contributed by atoms with Crippen LogP contribution in [0, 0.1) is 11.3 Å². The summed E-state index contributed by atoms with van der Waals surface area (Å²) in [5.41, 5.74) is 1.32. The number of carbonyl (C=O) groups is 1. The smallest absolute Gasteiger partial charge is 0.231 e. The van der Waals surface area contributed by atoms with Crippen LogP contribution in [0.2, 0.25) is 0 Å². The van der Waals surface area contributed by atoms with Crippen molar-refractivity contribution in [2.45, 2.75) is 6.42 Å². The van der Waals surface area contributed by atoms with Gasteiger partial charge >= 0.3 is 0 Å². The molecule has 0 saturated heterocycles. The Morgan fingerprint density at radius 1 is 1.35 bits per heavy atom. The third-order valence-corrected chi connectivity index (χ3v) is 3.67. The third-order valence-electron chi connectivity index (χ3n) is 2.84. The predicted molar refractivity (Wildman–Crippen MR) is 73.9 cm³/mol. The van der Waals surface area contributed by atoms with Crippen LogP contribution in [0.3, 0.4) is 0 Å². The van der Waals surface area contributed by atoms with Crippen molar-refractivity contribution in [3.05, 3.63) is 40.8 Å². The van der Waals surface area contributed by atoms with Gasteiger partial charge in [0.2, 0.25) is 12.7 Å². The molecule has 3 rings (SSSR count). The third kappa shape index (κ3) is 2.44. The van der Waals surface area contributed by atoms with E-state index in [2.05, 4.69) is 5.32 Å². The van der Waals surface area contributed by atoms with Crippen LogP contribution in [0.25, 0.3) is 0 Å². The summed E-state index contributed by atoms with van der Waals surface area (Å²) in [5, 5.41) is 14.0. The van der Waals surface area contributed by atoms with E-state index >= 15 is 0 Å². The van der Waals surface area contributed by atoms with Crippen molar-refractivity contribution in [1.82, 2.24) is 0 Å². The summed E-state index contributed by atoms with van der Waals surface area (Å²) in [4.78, 5) is 12.0. The fraction of sp³-hybridized carbons (Fsp3) is 0.143. The summed E-state index contributed by atoms with van der Waals surface area (Å²) in [6, 6.07) is 9.13. The Bertz CT molecular complexity index is 703. The Hall–Kier alpha value is -2.52. The van der Waals surface area contributed by atoms with Gasteiger partial charge in [-0.05, 0) is 29.1 Å². The molecule has 0 atom stereocenters. The first-order valence-electron chi connectivity index (χ1n) is 5.92. The highest BCUT2D eigenvalue weighted by atomic mass is 32.1. The molecule has 6 heteroatoms. The van der Waals surface area contributed by atoms with Gasteiger partial charge in [-0.3, -0.25) is 4.79 Å². The van der Waals surface area contributed by atoms with Gasteiger partial charge in [-0.2, -0.15) is 5.26 Å². The number of carbonyl (C=O) groups excluding carboxylic acids is 1. The van der Waals surface area contributed by atoms with Gasteiger partial charge in [0, 0.05) is 0 Å². The molecule has 0 unspecified atom stereocenters. The van der Waals surface area contributed by atoms with Gasteiger partial charge in [0.1, 0.15) is 11.1 Å². The largest absolute Gasteiger partial charge is 0.454 e. The molecule has 0 fully saturated rings. The number of hydrogen-bond donors (Lipinski definition) is 1. The molecule has 0 aliphatic carbocycles. The SMILES string of the molecule is N#Cc1ccsc1NC(=O)Cc1ccc2c(c1)OCO2. The molecule has 1 aromatic heterocycles. The van der Waals surface area contributed by atoms with E-state index in [1.165, 1.54) is 11.3 Å². The highest BCUT2D eigenvalue weighted by Crippen LogP contribution is 2.32. The number of thiophene rings is 1. The number of nitriles is 1. The van der Waals surface area contributed by atoms with Gasteiger partial charge in [0.15, 0.2) is 11.5 Å². The molecule has 5 nitrogen and oxygen atoms in total. The van der Waals surface area contributed by atoms with E-state index in [-0.39, 0.29) is 19.1 Å². The molecular formula is C14H10N2O3S. The van der Waals surface area contributed by atoms with E-state index in [1.807, 2.05) is 12.1 Å². The van der Waals surface area contributed by atoms with Crippen LogP contribution in [-0.4, -0.2) is 12.7 Å². The maximum Gasteiger partial charge on any atom is 0.231 e. The van der Waals surface area contributed by atoms with Gasteiger partial charge in [-0.1, -0.05) is 6.07 Å². The summed E-state index contributed by atoms with van der Waals surface area (Å²) in [7, 11) is 0. The van der Waals surface area contributed by atoms with Crippen molar-refractivity contribution >= 4 is 22.2 Å². The quantitative estimate of drug-likeness (QED) is 0.941. The van der Waals surface area contributed by atoms with E-state index in [0.29, 0.717) is 22.1 Å². The molecule has 1 N–H and O–H groups in total. The molecule has 1 aromatic carbocycles. The van der Waals surface area contributed by atoms with Crippen molar-refractivity contribution in [3.8, 4) is 17.6 Å².